The number of hydrogen-bond donors (Lipinski definition) is 0. The maximum atomic E-state index is 6.27. The van der Waals surface area contributed by atoms with E-state index in [9.17, 15) is 0 Å². The number of nitrogens with zero attached hydrogens (tertiary/aromatic N) is 3. The lowest BCUT2D eigenvalue weighted by Crippen LogP contribution is -2.44. The van der Waals surface area contributed by atoms with Crippen molar-refractivity contribution in [2.24, 2.45) is 5.10 Å². The minimum Gasteiger partial charge on any atom is -0.368 e. The number of hydrazone groups is 1. The Morgan fingerprint density at radius 3 is 2.25 bits per heavy atom. The molecule has 24 heavy (non-hydrogen) atoms. The molecule has 5 heteroatoms. The Hall–Kier alpha value is -1.71. The predicted molar refractivity (Wildman–Crippen MR) is 104 cm³/mol. The Bertz CT molecular complexity index is 733. The standard InChI is InChI=1S/C19H21Cl2N3/c1-14-3-6-17(7-4-14)23-9-11-24(12-10-23)22-15(2)18-8-5-16(20)13-19(18)21/h3-8,13H,9-12H2,1-2H3. The van der Waals surface area contributed by atoms with Crippen molar-refractivity contribution in [2.45, 2.75) is 13.8 Å². The average molecular weight is 362 g/mol. The maximum absolute atomic E-state index is 6.27. The van der Waals surface area contributed by atoms with Gasteiger partial charge >= 0.3 is 0 Å². The smallest absolute Gasteiger partial charge is 0.0661 e. The van der Waals surface area contributed by atoms with Gasteiger partial charge in [-0.25, -0.2) is 0 Å². The van der Waals surface area contributed by atoms with E-state index in [1.165, 1.54) is 11.3 Å². The van der Waals surface area contributed by atoms with Crippen LogP contribution in [0.25, 0.3) is 0 Å². The van der Waals surface area contributed by atoms with Gasteiger partial charge in [-0.3, -0.25) is 5.01 Å². The quantitative estimate of drug-likeness (QED) is 0.727. The lowest BCUT2D eigenvalue weighted by Gasteiger charge is -2.35. The Morgan fingerprint density at radius 2 is 1.62 bits per heavy atom. The van der Waals surface area contributed by atoms with Gasteiger partial charge in [0.2, 0.25) is 0 Å². The van der Waals surface area contributed by atoms with E-state index in [4.69, 9.17) is 28.3 Å². The van der Waals surface area contributed by atoms with E-state index in [0.717, 1.165) is 37.5 Å². The first-order chi connectivity index (χ1) is 11.5. The van der Waals surface area contributed by atoms with Gasteiger partial charge in [0.25, 0.3) is 0 Å². The molecule has 2 aromatic rings. The van der Waals surface area contributed by atoms with E-state index >= 15 is 0 Å². The molecule has 0 spiro atoms. The third-order valence-corrected chi connectivity index (χ3v) is 4.82. The number of aryl methyl sites for hydroxylation is 1. The van der Waals surface area contributed by atoms with Gasteiger partial charge in [-0.2, -0.15) is 5.10 Å². The molecule has 1 saturated heterocycles. The molecule has 126 valence electrons. The van der Waals surface area contributed by atoms with Crippen LogP contribution in [0, 0.1) is 6.92 Å². The second-order valence-corrected chi connectivity index (χ2v) is 6.93. The van der Waals surface area contributed by atoms with Crippen LogP contribution in [-0.2, 0) is 0 Å². The molecule has 0 atom stereocenters. The second kappa shape index (κ2) is 7.45. The summed E-state index contributed by atoms with van der Waals surface area (Å²) in [5, 5.41) is 8.13. The van der Waals surface area contributed by atoms with Gasteiger partial charge in [0, 0.05) is 29.4 Å². The summed E-state index contributed by atoms with van der Waals surface area (Å²) in [5.41, 5.74) is 4.42. The summed E-state index contributed by atoms with van der Waals surface area (Å²) in [7, 11) is 0. The summed E-state index contributed by atoms with van der Waals surface area (Å²) in [6.45, 7) is 7.83. The Labute approximate surface area is 153 Å². The summed E-state index contributed by atoms with van der Waals surface area (Å²) in [6, 6.07) is 14.2. The number of anilines is 1. The van der Waals surface area contributed by atoms with E-state index in [2.05, 4.69) is 41.1 Å². The highest BCUT2D eigenvalue weighted by Gasteiger charge is 2.16. The molecule has 0 radical (unpaired) electrons. The van der Waals surface area contributed by atoms with Gasteiger partial charge < -0.3 is 4.90 Å². The Kier molecular flexibility index (Phi) is 5.32. The number of piperazine rings is 1. The fourth-order valence-corrected chi connectivity index (χ4v) is 3.40. The van der Waals surface area contributed by atoms with Crippen LogP contribution in [0.15, 0.2) is 47.6 Å². The molecule has 1 aliphatic heterocycles. The van der Waals surface area contributed by atoms with Crippen molar-refractivity contribution in [3.8, 4) is 0 Å². The number of hydrogen-bond acceptors (Lipinski definition) is 3. The van der Waals surface area contributed by atoms with Gasteiger partial charge in [0.1, 0.15) is 0 Å². The fraction of sp³-hybridized carbons (Fsp3) is 0.316. The normalized spacial score (nSPS) is 15.8. The van der Waals surface area contributed by atoms with Crippen molar-refractivity contribution in [1.29, 1.82) is 0 Å². The molecule has 0 N–H and O–H groups in total. The third-order valence-electron chi connectivity index (χ3n) is 4.27. The van der Waals surface area contributed by atoms with Crippen LogP contribution in [0.3, 0.4) is 0 Å². The van der Waals surface area contributed by atoms with Crippen molar-refractivity contribution in [2.75, 3.05) is 31.1 Å². The molecule has 0 amide bonds. The molecule has 0 saturated carbocycles. The Morgan fingerprint density at radius 1 is 0.958 bits per heavy atom. The van der Waals surface area contributed by atoms with Crippen LogP contribution in [0.1, 0.15) is 18.1 Å². The average Bonchev–Trinajstić information content (AvgIpc) is 2.56. The van der Waals surface area contributed by atoms with Gasteiger partial charge in [-0.05, 0) is 38.1 Å². The third kappa shape index (κ3) is 4.03. The molecule has 0 aliphatic carbocycles. The highest BCUT2D eigenvalue weighted by Crippen LogP contribution is 2.22. The molecule has 1 fully saturated rings. The zero-order chi connectivity index (χ0) is 17.1. The SMILES string of the molecule is CC(=NN1CCN(c2ccc(C)cc2)CC1)c1ccc(Cl)cc1Cl. The van der Waals surface area contributed by atoms with Crippen molar-refractivity contribution in [3.05, 3.63) is 63.6 Å². The van der Waals surface area contributed by atoms with Gasteiger partial charge in [0.05, 0.1) is 23.8 Å². The van der Waals surface area contributed by atoms with Crippen LogP contribution < -0.4 is 4.90 Å². The maximum Gasteiger partial charge on any atom is 0.0661 e. The molecule has 0 bridgehead atoms. The van der Waals surface area contributed by atoms with Crippen LogP contribution in [0.5, 0.6) is 0 Å². The molecular formula is C19H21Cl2N3. The topological polar surface area (TPSA) is 18.8 Å². The van der Waals surface area contributed by atoms with E-state index in [-0.39, 0.29) is 0 Å². The molecule has 2 aromatic carbocycles. The monoisotopic (exact) mass is 361 g/mol. The van der Waals surface area contributed by atoms with Crippen molar-refractivity contribution in [1.82, 2.24) is 5.01 Å². The summed E-state index contributed by atoms with van der Waals surface area (Å²) >= 11 is 12.2. The molecule has 1 heterocycles. The molecule has 0 unspecified atom stereocenters. The zero-order valence-electron chi connectivity index (χ0n) is 14.0. The number of halogens is 2. The van der Waals surface area contributed by atoms with Crippen LogP contribution in [0.4, 0.5) is 5.69 Å². The minimum absolute atomic E-state index is 0.641. The predicted octanol–water partition coefficient (Wildman–Crippen LogP) is 4.85. The van der Waals surface area contributed by atoms with E-state index in [1.807, 2.05) is 19.1 Å². The summed E-state index contributed by atoms with van der Waals surface area (Å²) in [6.07, 6.45) is 0. The van der Waals surface area contributed by atoms with Crippen LogP contribution >= 0.6 is 23.2 Å². The molecule has 3 nitrogen and oxygen atoms in total. The molecular weight excluding hydrogens is 341 g/mol. The van der Waals surface area contributed by atoms with E-state index in [0.29, 0.717) is 10.0 Å². The Balaban J connectivity index is 1.65. The highest BCUT2D eigenvalue weighted by molar-refractivity contribution is 6.37. The van der Waals surface area contributed by atoms with Crippen molar-refractivity contribution >= 4 is 34.6 Å². The summed E-state index contributed by atoms with van der Waals surface area (Å²) in [5.74, 6) is 0. The summed E-state index contributed by atoms with van der Waals surface area (Å²) in [4.78, 5) is 2.40. The van der Waals surface area contributed by atoms with E-state index in [1.54, 1.807) is 6.07 Å². The lowest BCUT2D eigenvalue weighted by atomic mass is 10.1. The van der Waals surface area contributed by atoms with Gasteiger partial charge in [-0.15, -0.1) is 0 Å². The first kappa shape index (κ1) is 17.1. The highest BCUT2D eigenvalue weighted by atomic mass is 35.5. The van der Waals surface area contributed by atoms with Crippen LogP contribution in [-0.4, -0.2) is 36.9 Å². The van der Waals surface area contributed by atoms with Crippen LogP contribution in [0.2, 0.25) is 10.0 Å². The minimum atomic E-state index is 0.641. The fourth-order valence-electron chi connectivity index (χ4n) is 2.86. The van der Waals surface area contributed by atoms with Gasteiger partial charge in [-0.1, -0.05) is 47.0 Å². The lowest BCUT2D eigenvalue weighted by molar-refractivity contribution is 0.270. The first-order valence-electron chi connectivity index (χ1n) is 8.10. The van der Waals surface area contributed by atoms with E-state index < -0.39 is 0 Å². The largest absolute Gasteiger partial charge is 0.368 e. The van der Waals surface area contributed by atoms with Crippen molar-refractivity contribution < 1.29 is 0 Å². The summed E-state index contributed by atoms with van der Waals surface area (Å²) < 4.78 is 0. The zero-order valence-corrected chi connectivity index (χ0v) is 15.5. The van der Waals surface area contributed by atoms with Gasteiger partial charge in [0.15, 0.2) is 0 Å². The number of rotatable bonds is 3. The molecule has 0 aromatic heterocycles. The second-order valence-electron chi connectivity index (χ2n) is 6.09. The molecule has 3 rings (SSSR count). The number of benzene rings is 2. The molecule has 1 aliphatic rings. The van der Waals surface area contributed by atoms with Crippen molar-refractivity contribution in [3.63, 3.8) is 0 Å². The first-order valence-corrected chi connectivity index (χ1v) is 8.86.